The summed E-state index contributed by atoms with van der Waals surface area (Å²) in [4.78, 5) is 26.3. The number of nitrogens with one attached hydrogen (secondary N) is 1. The summed E-state index contributed by atoms with van der Waals surface area (Å²) < 4.78 is 19.2. The molecule has 1 aromatic carbocycles. The van der Waals surface area contributed by atoms with E-state index in [1.54, 1.807) is 6.92 Å². The Kier molecular flexibility index (Phi) is 4.73. The summed E-state index contributed by atoms with van der Waals surface area (Å²) in [5.41, 5.74) is -0.628. The van der Waals surface area contributed by atoms with Crippen molar-refractivity contribution in [1.29, 1.82) is 0 Å². The van der Waals surface area contributed by atoms with Crippen LogP contribution in [0, 0.1) is 12.8 Å². The average Bonchev–Trinajstić information content (AvgIpc) is 2.85. The summed E-state index contributed by atoms with van der Waals surface area (Å²) in [5, 5.41) is 10.0. The number of hydrogen-bond donors (Lipinski definition) is 2. The van der Waals surface area contributed by atoms with Gasteiger partial charge in [-0.25, -0.2) is 4.79 Å². The zero-order valence-corrected chi connectivity index (χ0v) is 15.0. The van der Waals surface area contributed by atoms with Crippen molar-refractivity contribution in [2.75, 3.05) is 19.8 Å². The lowest BCUT2D eigenvalue weighted by atomic mass is 9.88. The molecule has 2 aromatic rings. The van der Waals surface area contributed by atoms with Crippen molar-refractivity contribution in [1.82, 2.24) is 9.55 Å². The number of H-pyrrole nitrogens is 1. The molecule has 0 radical (unpaired) electrons. The van der Waals surface area contributed by atoms with Gasteiger partial charge in [0.1, 0.15) is 17.9 Å². The van der Waals surface area contributed by atoms with Crippen molar-refractivity contribution in [3.8, 4) is 0 Å². The fourth-order valence-corrected chi connectivity index (χ4v) is 3.84. The second-order valence-electron chi connectivity index (χ2n) is 7.11. The molecular formula is C19H22N2O6. The molecule has 144 valence electrons. The Bertz CT molecular complexity index is 924. The van der Waals surface area contributed by atoms with E-state index in [4.69, 9.17) is 14.2 Å². The Hall–Kier alpha value is -2.26. The van der Waals surface area contributed by atoms with E-state index in [2.05, 4.69) is 4.98 Å². The van der Waals surface area contributed by atoms with Crippen LogP contribution < -0.4 is 11.2 Å². The maximum Gasteiger partial charge on any atom is 0.330 e. The molecule has 8 nitrogen and oxygen atoms in total. The molecule has 2 bridgehead atoms. The SMILES string of the molecule is Cc1cn([C@H]2O[C@@]3(CO)COC[C@@H]2[C@@H]3OCc2ccccc2)c(=O)[nH]c1=O. The molecule has 1 aromatic heterocycles. The minimum absolute atomic E-state index is 0.174. The second kappa shape index (κ2) is 7.05. The number of hydrogen-bond acceptors (Lipinski definition) is 6. The number of aryl methyl sites for hydroxylation is 1. The Morgan fingerprint density at radius 3 is 2.85 bits per heavy atom. The van der Waals surface area contributed by atoms with Crippen LogP contribution in [0.3, 0.4) is 0 Å². The lowest BCUT2D eigenvalue weighted by Crippen LogP contribution is -2.54. The van der Waals surface area contributed by atoms with Crippen LogP contribution in [0.1, 0.15) is 17.4 Å². The maximum atomic E-state index is 12.3. The zero-order chi connectivity index (χ0) is 19.0. The highest BCUT2D eigenvalue weighted by Gasteiger charge is 2.59. The first kappa shape index (κ1) is 18.1. The first-order valence-corrected chi connectivity index (χ1v) is 8.88. The first-order valence-electron chi connectivity index (χ1n) is 8.88. The molecule has 0 spiro atoms. The first-order chi connectivity index (χ1) is 13.0. The minimum Gasteiger partial charge on any atom is -0.393 e. The number of nitrogens with zero attached hydrogens (tertiary/aromatic N) is 1. The van der Waals surface area contributed by atoms with E-state index in [1.807, 2.05) is 30.3 Å². The van der Waals surface area contributed by atoms with E-state index in [9.17, 15) is 14.7 Å². The lowest BCUT2D eigenvalue weighted by molar-refractivity contribution is -0.182. The molecule has 2 N–H and O–H groups in total. The highest BCUT2D eigenvalue weighted by atomic mass is 16.6. The zero-order valence-electron chi connectivity index (χ0n) is 15.0. The van der Waals surface area contributed by atoms with Gasteiger partial charge < -0.3 is 19.3 Å². The summed E-state index contributed by atoms with van der Waals surface area (Å²) in [6.07, 6.45) is 0.343. The van der Waals surface area contributed by atoms with Gasteiger partial charge in [-0.1, -0.05) is 30.3 Å². The van der Waals surface area contributed by atoms with Crippen molar-refractivity contribution >= 4 is 0 Å². The smallest absolute Gasteiger partial charge is 0.330 e. The third-order valence-electron chi connectivity index (χ3n) is 5.25. The molecule has 4 atom stereocenters. The monoisotopic (exact) mass is 374 g/mol. The predicted octanol–water partition coefficient (Wildman–Crippen LogP) is 0.337. The van der Waals surface area contributed by atoms with Gasteiger partial charge in [0, 0.05) is 11.8 Å². The number of fused-ring (bicyclic) bond motifs is 2. The van der Waals surface area contributed by atoms with Gasteiger partial charge in [-0.05, 0) is 12.5 Å². The number of aromatic nitrogens is 2. The summed E-state index contributed by atoms with van der Waals surface area (Å²) in [6, 6.07) is 9.71. The van der Waals surface area contributed by atoms with E-state index in [0.29, 0.717) is 18.8 Å². The average molecular weight is 374 g/mol. The summed E-state index contributed by atoms with van der Waals surface area (Å²) >= 11 is 0. The number of rotatable bonds is 5. The molecule has 0 unspecified atom stereocenters. The minimum atomic E-state index is -1.05. The quantitative estimate of drug-likeness (QED) is 0.782. The maximum absolute atomic E-state index is 12.3. The summed E-state index contributed by atoms with van der Waals surface area (Å²) in [5.74, 6) is -0.294. The standard InChI is InChI=1S/C19H22N2O6/c1-12-7-21(18(24)20-16(12)23)17-14-9-25-11-19(10-22,27-17)15(14)26-8-13-5-3-2-4-6-13/h2-7,14-15,17,22H,8-11H2,1H3,(H,20,23,24)/t14-,15+,17+,19+/m1/s1. The van der Waals surface area contributed by atoms with Crippen LogP contribution in [-0.4, -0.2) is 46.2 Å². The predicted molar refractivity (Wildman–Crippen MR) is 95.3 cm³/mol. The largest absolute Gasteiger partial charge is 0.393 e. The van der Waals surface area contributed by atoms with Gasteiger partial charge in [0.2, 0.25) is 0 Å². The van der Waals surface area contributed by atoms with Crippen LogP contribution in [0.15, 0.2) is 46.1 Å². The molecule has 2 aliphatic heterocycles. The number of aliphatic hydroxyl groups is 1. The van der Waals surface area contributed by atoms with Crippen molar-refractivity contribution in [2.24, 2.45) is 5.92 Å². The van der Waals surface area contributed by atoms with E-state index in [0.717, 1.165) is 5.56 Å². The number of aliphatic hydroxyl groups excluding tert-OH is 1. The van der Waals surface area contributed by atoms with E-state index in [-0.39, 0.29) is 19.1 Å². The second-order valence-corrected chi connectivity index (χ2v) is 7.11. The van der Waals surface area contributed by atoms with Gasteiger partial charge in [0.25, 0.3) is 5.56 Å². The Labute approximate surface area is 155 Å². The Morgan fingerprint density at radius 2 is 2.11 bits per heavy atom. The van der Waals surface area contributed by atoms with Crippen molar-refractivity contribution < 1.29 is 19.3 Å². The molecule has 8 heteroatoms. The van der Waals surface area contributed by atoms with E-state index < -0.39 is 29.2 Å². The normalized spacial score (nSPS) is 29.8. The van der Waals surface area contributed by atoms with Crippen molar-refractivity contribution in [3.05, 3.63) is 68.5 Å². The van der Waals surface area contributed by atoms with Crippen molar-refractivity contribution in [3.63, 3.8) is 0 Å². The van der Waals surface area contributed by atoms with E-state index in [1.165, 1.54) is 10.8 Å². The number of benzene rings is 1. The van der Waals surface area contributed by atoms with Crippen LogP contribution in [0.5, 0.6) is 0 Å². The van der Waals surface area contributed by atoms with Crippen LogP contribution in [0.2, 0.25) is 0 Å². The van der Waals surface area contributed by atoms with Crippen LogP contribution in [0.25, 0.3) is 0 Å². The van der Waals surface area contributed by atoms with Crippen LogP contribution in [0.4, 0.5) is 0 Å². The van der Waals surface area contributed by atoms with Crippen molar-refractivity contribution in [2.45, 2.75) is 31.5 Å². The number of aromatic amines is 1. The molecule has 2 aliphatic rings. The highest BCUT2D eigenvalue weighted by molar-refractivity contribution is 5.14. The lowest BCUT2D eigenvalue weighted by Gasteiger charge is -2.37. The van der Waals surface area contributed by atoms with E-state index >= 15 is 0 Å². The Balaban J connectivity index is 1.65. The molecule has 0 amide bonds. The molecule has 4 rings (SSSR count). The summed E-state index contributed by atoms with van der Waals surface area (Å²) in [7, 11) is 0. The van der Waals surface area contributed by atoms with Gasteiger partial charge in [0.15, 0.2) is 0 Å². The molecule has 27 heavy (non-hydrogen) atoms. The highest BCUT2D eigenvalue weighted by Crippen LogP contribution is 2.46. The fourth-order valence-electron chi connectivity index (χ4n) is 3.84. The van der Waals surface area contributed by atoms with Crippen LogP contribution >= 0.6 is 0 Å². The van der Waals surface area contributed by atoms with Gasteiger partial charge in [-0.2, -0.15) is 0 Å². The van der Waals surface area contributed by atoms with Gasteiger partial charge >= 0.3 is 5.69 Å². The molecule has 0 saturated carbocycles. The fraction of sp³-hybridized carbons (Fsp3) is 0.474. The summed E-state index contributed by atoms with van der Waals surface area (Å²) in [6.45, 7) is 2.19. The topological polar surface area (TPSA) is 103 Å². The molecule has 2 fully saturated rings. The molecule has 3 heterocycles. The van der Waals surface area contributed by atoms with Gasteiger partial charge in [-0.3, -0.25) is 14.3 Å². The van der Waals surface area contributed by atoms with Gasteiger partial charge in [-0.15, -0.1) is 0 Å². The molecule has 0 aliphatic carbocycles. The van der Waals surface area contributed by atoms with Crippen LogP contribution in [-0.2, 0) is 20.8 Å². The third kappa shape index (κ3) is 3.14. The third-order valence-corrected chi connectivity index (χ3v) is 5.25. The molecule has 2 saturated heterocycles. The Morgan fingerprint density at radius 1 is 1.33 bits per heavy atom. The van der Waals surface area contributed by atoms with Gasteiger partial charge in [0.05, 0.1) is 32.3 Å². The molecular weight excluding hydrogens is 352 g/mol. The number of ether oxygens (including phenoxy) is 3.